The Kier molecular flexibility index (Phi) is 4.88. The highest BCUT2D eigenvalue weighted by atomic mass is 16.3. The zero-order valence-corrected chi connectivity index (χ0v) is 13.2. The smallest absolute Gasteiger partial charge is 0.336 e. The molecule has 25 heavy (non-hydrogen) atoms. The fourth-order valence-electron chi connectivity index (χ4n) is 2.34. The van der Waals surface area contributed by atoms with Crippen LogP contribution in [0.2, 0.25) is 0 Å². The molecule has 0 unspecified atom stereocenters. The molecule has 1 saturated heterocycles. The van der Waals surface area contributed by atoms with Gasteiger partial charge in [-0.25, -0.2) is 15.2 Å². The number of nitrogens with one attached hydrogen (secondary N) is 2. The highest BCUT2D eigenvalue weighted by Crippen LogP contribution is 2.09. The lowest BCUT2D eigenvalue weighted by Gasteiger charge is -2.34. The number of nitrogens with zero attached hydrogens (tertiary/aromatic N) is 4. The number of aromatic nitrogens is 2. The minimum Gasteiger partial charge on any atom is -0.459 e. The second-order valence-electron chi connectivity index (χ2n) is 5.23. The average Bonchev–Trinajstić information content (AvgIpc) is 3.21. The van der Waals surface area contributed by atoms with Crippen molar-refractivity contribution in [1.82, 2.24) is 30.6 Å². The molecule has 2 N–H and O–H groups in total. The standard InChI is InChI=1S/C15H16N6O4/c22-13(11-10-16-3-4-17-11)18-19-15(24)21-7-5-20(6-8-21)14(23)12-2-1-9-25-12/h1-4,9-10H,5-8H2,(H,18,22)(H,19,24). The van der Waals surface area contributed by atoms with Gasteiger partial charge in [0.2, 0.25) is 0 Å². The largest absolute Gasteiger partial charge is 0.459 e. The molecule has 1 aliphatic rings. The molecule has 3 rings (SSSR count). The molecule has 0 atom stereocenters. The Hall–Kier alpha value is -3.43. The third-order valence-electron chi connectivity index (χ3n) is 3.66. The van der Waals surface area contributed by atoms with Crippen LogP contribution in [0, 0.1) is 0 Å². The summed E-state index contributed by atoms with van der Waals surface area (Å²) in [6, 6.07) is 2.79. The van der Waals surface area contributed by atoms with E-state index < -0.39 is 11.9 Å². The van der Waals surface area contributed by atoms with Gasteiger partial charge in [-0.3, -0.25) is 20.0 Å². The number of amides is 4. The highest BCUT2D eigenvalue weighted by Gasteiger charge is 2.26. The number of hydrogen-bond donors (Lipinski definition) is 2. The molecule has 0 saturated carbocycles. The van der Waals surface area contributed by atoms with Gasteiger partial charge < -0.3 is 14.2 Å². The maximum Gasteiger partial charge on any atom is 0.336 e. The first-order valence-corrected chi connectivity index (χ1v) is 7.59. The lowest BCUT2D eigenvalue weighted by Crippen LogP contribution is -2.56. The van der Waals surface area contributed by atoms with Crippen LogP contribution in [0.15, 0.2) is 41.4 Å². The Balaban J connectivity index is 1.45. The minimum atomic E-state index is -0.562. The van der Waals surface area contributed by atoms with Crippen LogP contribution in [0.4, 0.5) is 4.79 Å². The molecule has 10 nitrogen and oxygen atoms in total. The number of hydrazine groups is 1. The van der Waals surface area contributed by atoms with E-state index in [-0.39, 0.29) is 17.4 Å². The van der Waals surface area contributed by atoms with Crippen LogP contribution < -0.4 is 10.9 Å². The molecule has 0 spiro atoms. The predicted molar refractivity (Wildman–Crippen MR) is 84.2 cm³/mol. The first-order chi connectivity index (χ1) is 12.1. The third-order valence-corrected chi connectivity index (χ3v) is 3.66. The summed E-state index contributed by atoms with van der Waals surface area (Å²) in [5, 5.41) is 0. The van der Waals surface area contributed by atoms with Gasteiger partial charge in [0.1, 0.15) is 5.69 Å². The number of hydrogen-bond acceptors (Lipinski definition) is 6. The number of urea groups is 1. The van der Waals surface area contributed by atoms with Crippen molar-refractivity contribution in [3.63, 3.8) is 0 Å². The van der Waals surface area contributed by atoms with E-state index in [1.807, 2.05) is 0 Å². The van der Waals surface area contributed by atoms with E-state index in [1.54, 1.807) is 17.0 Å². The zero-order chi connectivity index (χ0) is 17.6. The molecular formula is C15H16N6O4. The van der Waals surface area contributed by atoms with Crippen molar-refractivity contribution in [1.29, 1.82) is 0 Å². The van der Waals surface area contributed by atoms with E-state index in [0.29, 0.717) is 26.2 Å². The van der Waals surface area contributed by atoms with Crippen molar-refractivity contribution >= 4 is 17.8 Å². The van der Waals surface area contributed by atoms with E-state index >= 15 is 0 Å². The minimum absolute atomic E-state index is 0.0941. The quantitative estimate of drug-likeness (QED) is 0.733. The van der Waals surface area contributed by atoms with Crippen molar-refractivity contribution in [2.75, 3.05) is 26.2 Å². The molecule has 0 bridgehead atoms. The Morgan fingerprint density at radius 1 is 1.04 bits per heavy atom. The Morgan fingerprint density at radius 3 is 2.44 bits per heavy atom. The lowest BCUT2D eigenvalue weighted by atomic mass is 10.3. The number of carbonyl (C=O) groups excluding carboxylic acids is 3. The van der Waals surface area contributed by atoms with Crippen molar-refractivity contribution in [3.05, 3.63) is 48.4 Å². The molecule has 10 heteroatoms. The maximum absolute atomic E-state index is 12.2. The fourth-order valence-corrected chi connectivity index (χ4v) is 2.34. The van der Waals surface area contributed by atoms with Gasteiger partial charge in [0.25, 0.3) is 11.8 Å². The van der Waals surface area contributed by atoms with Crippen molar-refractivity contribution < 1.29 is 18.8 Å². The molecule has 2 aromatic heterocycles. The summed E-state index contributed by atoms with van der Waals surface area (Å²) in [7, 11) is 0. The van der Waals surface area contributed by atoms with Crippen LogP contribution in [0.3, 0.4) is 0 Å². The van der Waals surface area contributed by atoms with Crippen molar-refractivity contribution in [2.45, 2.75) is 0 Å². The third kappa shape index (κ3) is 3.91. The van der Waals surface area contributed by atoms with Gasteiger partial charge >= 0.3 is 6.03 Å². The first kappa shape index (κ1) is 16.4. The topological polar surface area (TPSA) is 121 Å². The van der Waals surface area contributed by atoms with Gasteiger partial charge in [0.15, 0.2) is 5.76 Å². The molecular weight excluding hydrogens is 328 g/mol. The average molecular weight is 344 g/mol. The van der Waals surface area contributed by atoms with Gasteiger partial charge in [-0.05, 0) is 12.1 Å². The maximum atomic E-state index is 12.2. The number of furan rings is 1. The van der Waals surface area contributed by atoms with Gasteiger partial charge in [-0.15, -0.1) is 0 Å². The summed E-state index contributed by atoms with van der Waals surface area (Å²) in [4.78, 5) is 46.8. The Bertz CT molecular complexity index is 741. The van der Waals surface area contributed by atoms with Crippen LogP contribution in [0.25, 0.3) is 0 Å². The molecule has 3 heterocycles. The molecule has 4 amide bonds. The van der Waals surface area contributed by atoms with Gasteiger partial charge in [0.05, 0.1) is 12.5 Å². The number of carbonyl (C=O) groups is 3. The molecule has 1 aliphatic heterocycles. The second-order valence-corrected chi connectivity index (χ2v) is 5.23. The first-order valence-electron chi connectivity index (χ1n) is 7.59. The van der Waals surface area contributed by atoms with Crippen LogP contribution in [0.5, 0.6) is 0 Å². The molecule has 0 aliphatic carbocycles. The van der Waals surface area contributed by atoms with Crippen molar-refractivity contribution in [3.8, 4) is 0 Å². The Labute approximate surface area is 142 Å². The normalized spacial score (nSPS) is 14.1. The van der Waals surface area contributed by atoms with Gasteiger partial charge in [-0.1, -0.05) is 0 Å². The molecule has 1 fully saturated rings. The SMILES string of the molecule is O=C(NNC(=O)N1CCN(C(=O)c2ccco2)CC1)c1cnccn1. The van der Waals surface area contributed by atoms with Crippen LogP contribution in [0.1, 0.15) is 21.0 Å². The monoisotopic (exact) mass is 344 g/mol. The van der Waals surface area contributed by atoms with E-state index in [4.69, 9.17) is 4.42 Å². The van der Waals surface area contributed by atoms with Gasteiger partial charge in [-0.2, -0.15) is 0 Å². The summed E-state index contributed by atoms with van der Waals surface area (Å²) < 4.78 is 5.09. The van der Waals surface area contributed by atoms with Crippen molar-refractivity contribution in [2.24, 2.45) is 0 Å². The number of rotatable bonds is 2. The van der Waals surface area contributed by atoms with E-state index in [0.717, 1.165) is 0 Å². The van der Waals surface area contributed by atoms with E-state index in [9.17, 15) is 14.4 Å². The molecule has 0 radical (unpaired) electrons. The van der Waals surface area contributed by atoms with Crippen LogP contribution in [-0.4, -0.2) is 63.8 Å². The van der Waals surface area contributed by atoms with Gasteiger partial charge in [0, 0.05) is 38.6 Å². The molecule has 2 aromatic rings. The van der Waals surface area contributed by atoms with E-state index in [2.05, 4.69) is 20.8 Å². The summed E-state index contributed by atoms with van der Waals surface area (Å²) in [5.41, 5.74) is 4.69. The summed E-state index contributed by atoms with van der Waals surface area (Å²) in [6.45, 7) is 1.45. The van der Waals surface area contributed by atoms with Crippen LogP contribution >= 0.6 is 0 Å². The Morgan fingerprint density at radius 2 is 1.80 bits per heavy atom. The fraction of sp³-hybridized carbons (Fsp3) is 0.267. The molecule has 130 valence electrons. The van der Waals surface area contributed by atoms with E-state index in [1.165, 1.54) is 29.8 Å². The van der Waals surface area contributed by atoms with Crippen LogP contribution in [-0.2, 0) is 0 Å². The molecule has 0 aromatic carbocycles. The highest BCUT2D eigenvalue weighted by molar-refractivity contribution is 5.93. The summed E-state index contributed by atoms with van der Waals surface area (Å²) in [6.07, 6.45) is 5.56. The second kappa shape index (κ2) is 7.43. The lowest BCUT2D eigenvalue weighted by molar-refractivity contribution is 0.0631. The zero-order valence-electron chi connectivity index (χ0n) is 13.2. The predicted octanol–water partition coefficient (Wildman–Crippen LogP) is -0.118. The number of piperazine rings is 1. The summed E-state index contributed by atoms with van der Waals surface area (Å²) >= 11 is 0. The summed E-state index contributed by atoms with van der Waals surface area (Å²) in [5.74, 6) is -0.497.